The number of β-amino-alcohol motifs (C(OH)–C–C–N with tert-alkyl or cyclic N) is 1. The van der Waals surface area contributed by atoms with Crippen molar-refractivity contribution in [2.75, 3.05) is 13.1 Å². The van der Waals surface area contributed by atoms with Gasteiger partial charge in [-0.05, 0) is 37.8 Å². The van der Waals surface area contributed by atoms with E-state index in [4.69, 9.17) is 0 Å². The summed E-state index contributed by atoms with van der Waals surface area (Å²) in [5, 5.41) is 9.67. The van der Waals surface area contributed by atoms with Crippen molar-refractivity contribution in [3.8, 4) is 11.4 Å². The van der Waals surface area contributed by atoms with Gasteiger partial charge in [0.2, 0.25) is 0 Å². The number of nitrogens with zero attached hydrogens (tertiary/aromatic N) is 2. The van der Waals surface area contributed by atoms with Crippen LogP contribution in [0.1, 0.15) is 43.0 Å². The predicted molar refractivity (Wildman–Crippen MR) is 99.5 cm³/mol. The summed E-state index contributed by atoms with van der Waals surface area (Å²) in [5.74, 6) is 0.631. The molecule has 1 saturated heterocycles. The molecular formula is C20H27N3O2. The zero-order valence-corrected chi connectivity index (χ0v) is 15.1. The standard InChI is InChI=1S/C20H27N3O2/c1-3-4-8-18-14(2)21-19(22-20(18)25)16-7-5-6-15(11-16)12-23-10-9-17(24)13-23/h5-7,11,17,24H,3-4,8-10,12-13H2,1-2H3,(H,21,22,25)/t17-/m1/s1. The minimum absolute atomic E-state index is 0.0241. The lowest BCUT2D eigenvalue weighted by atomic mass is 10.1. The molecule has 2 aromatic rings. The fraction of sp³-hybridized carbons (Fsp3) is 0.500. The highest BCUT2D eigenvalue weighted by Gasteiger charge is 2.20. The molecular weight excluding hydrogens is 314 g/mol. The maximum Gasteiger partial charge on any atom is 0.254 e. The Morgan fingerprint density at radius 3 is 2.92 bits per heavy atom. The lowest BCUT2D eigenvalue weighted by molar-refractivity contribution is 0.175. The number of aliphatic hydroxyl groups excluding tert-OH is 1. The summed E-state index contributed by atoms with van der Waals surface area (Å²) in [7, 11) is 0. The average molecular weight is 341 g/mol. The number of aromatic amines is 1. The number of aryl methyl sites for hydroxylation is 1. The number of rotatable bonds is 6. The van der Waals surface area contributed by atoms with E-state index in [1.165, 1.54) is 5.56 Å². The summed E-state index contributed by atoms with van der Waals surface area (Å²) >= 11 is 0. The predicted octanol–water partition coefficient (Wildman–Crippen LogP) is 2.65. The highest BCUT2D eigenvalue weighted by Crippen LogP contribution is 2.19. The van der Waals surface area contributed by atoms with E-state index in [1.807, 2.05) is 19.1 Å². The first-order valence-electron chi connectivity index (χ1n) is 9.16. The average Bonchev–Trinajstić information content (AvgIpc) is 2.99. The van der Waals surface area contributed by atoms with Gasteiger partial charge in [-0.25, -0.2) is 4.98 Å². The first-order valence-corrected chi connectivity index (χ1v) is 9.16. The molecule has 1 aromatic carbocycles. The minimum Gasteiger partial charge on any atom is -0.392 e. The number of aliphatic hydroxyl groups is 1. The van der Waals surface area contributed by atoms with Crippen molar-refractivity contribution >= 4 is 0 Å². The Hall–Kier alpha value is -1.98. The Morgan fingerprint density at radius 2 is 2.24 bits per heavy atom. The summed E-state index contributed by atoms with van der Waals surface area (Å²) in [6, 6.07) is 8.13. The van der Waals surface area contributed by atoms with E-state index >= 15 is 0 Å². The van der Waals surface area contributed by atoms with Crippen molar-refractivity contribution in [3.05, 3.63) is 51.4 Å². The van der Waals surface area contributed by atoms with Crippen LogP contribution in [0.5, 0.6) is 0 Å². The van der Waals surface area contributed by atoms with Crippen LogP contribution in [-0.2, 0) is 13.0 Å². The number of hydrogen-bond donors (Lipinski definition) is 2. The molecule has 5 nitrogen and oxygen atoms in total. The number of nitrogens with one attached hydrogen (secondary N) is 1. The molecule has 0 aliphatic carbocycles. The zero-order chi connectivity index (χ0) is 17.8. The number of hydrogen-bond acceptors (Lipinski definition) is 4. The Labute approximate surface area is 148 Å². The summed E-state index contributed by atoms with van der Waals surface area (Å²) < 4.78 is 0. The summed E-state index contributed by atoms with van der Waals surface area (Å²) in [6.45, 7) is 6.49. The van der Waals surface area contributed by atoms with Crippen LogP contribution in [-0.4, -0.2) is 39.2 Å². The van der Waals surface area contributed by atoms with Crippen LogP contribution in [0.2, 0.25) is 0 Å². The highest BCUT2D eigenvalue weighted by atomic mass is 16.3. The molecule has 25 heavy (non-hydrogen) atoms. The van der Waals surface area contributed by atoms with E-state index in [9.17, 15) is 9.90 Å². The van der Waals surface area contributed by atoms with Crippen molar-refractivity contribution in [1.82, 2.24) is 14.9 Å². The van der Waals surface area contributed by atoms with Crippen LogP contribution in [0.3, 0.4) is 0 Å². The molecule has 1 aliphatic heterocycles. The van der Waals surface area contributed by atoms with E-state index in [0.29, 0.717) is 5.82 Å². The third-order valence-electron chi connectivity index (χ3n) is 4.86. The smallest absolute Gasteiger partial charge is 0.254 e. The Morgan fingerprint density at radius 1 is 1.40 bits per heavy atom. The van der Waals surface area contributed by atoms with Gasteiger partial charge in [0, 0.05) is 36.5 Å². The summed E-state index contributed by atoms with van der Waals surface area (Å²) in [6.07, 6.45) is 3.48. The first-order chi connectivity index (χ1) is 12.1. The van der Waals surface area contributed by atoms with Gasteiger partial charge in [-0.2, -0.15) is 0 Å². The van der Waals surface area contributed by atoms with Gasteiger partial charge >= 0.3 is 0 Å². The first kappa shape index (κ1) is 17.8. The van der Waals surface area contributed by atoms with Crippen molar-refractivity contribution < 1.29 is 5.11 Å². The van der Waals surface area contributed by atoms with Crippen LogP contribution in [0.25, 0.3) is 11.4 Å². The number of H-pyrrole nitrogens is 1. The Kier molecular flexibility index (Phi) is 5.66. The molecule has 0 bridgehead atoms. The third-order valence-corrected chi connectivity index (χ3v) is 4.86. The monoisotopic (exact) mass is 341 g/mol. The number of benzene rings is 1. The topological polar surface area (TPSA) is 69.2 Å². The van der Waals surface area contributed by atoms with E-state index in [-0.39, 0.29) is 11.7 Å². The van der Waals surface area contributed by atoms with Gasteiger partial charge in [-0.15, -0.1) is 0 Å². The van der Waals surface area contributed by atoms with Crippen LogP contribution in [0.15, 0.2) is 29.1 Å². The Bertz CT molecular complexity index is 785. The molecule has 1 fully saturated rings. The molecule has 2 N–H and O–H groups in total. The van der Waals surface area contributed by atoms with Gasteiger partial charge in [-0.1, -0.05) is 31.5 Å². The Balaban J connectivity index is 1.82. The van der Waals surface area contributed by atoms with Gasteiger partial charge in [0.05, 0.1) is 6.10 Å². The molecule has 2 heterocycles. The molecule has 1 aromatic heterocycles. The van der Waals surface area contributed by atoms with E-state index in [0.717, 1.165) is 62.1 Å². The molecule has 0 amide bonds. The maximum atomic E-state index is 12.4. The molecule has 0 radical (unpaired) electrons. The molecule has 0 unspecified atom stereocenters. The van der Waals surface area contributed by atoms with Crippen molar-refractivity contribution in [3.63, 3.8) is 0 Å². The van der Waals surface area contributed by atoms with Crippen LogP contribution < -0.4 is 5.56 Å². The van der Waals surface area contributed by atoms with Gasteiger partial charge < -0.3 is 10.1 Å². The molecule has 1 aliphatic rings. The quantitative estimate of drug-likeness (QED) is 0.847. The highest BCUT2D eigenvalue weighted by molar-refractivity contribution is 5.56. The van der Waals surface area contributed by atoms with E-state index in [2.05, 4.69) is 33.9 Å². The number of aromatic nitrogens is 2. The number of likely N-dealkylation sites (tertiary alicyclic amines) is 1. The minimum atomic E-state index is -0.209. The fourth-order valence-electron chi connectivity index (χ4n) is 3.43. The molecule has 0 saturated carbocycles. The second-order valence-corrected chi connectivity index (χ2v) is 6.96. The summed E-state index contributed by atoms with van der Waals surface area (Å²) in [4.78, 5) is 22.2. The molecule has 1 atom stereocenters. The molecule has 3 rings (SSSR count). The van der Waals surface area contributed by atoms with Crippen molar-refractivity contribution in [2.24, 2.45) is 0 Å². The van der Waals surface area contributed by atoms with E-state index < -0.39 is 0 Å². The molecule has 0 spiro atoms. The lowest BCUT2D eigenvalue weighted by Crippen LogP contribution is -2.21. The third kappa shape index (κ3) is 4.35. The number of unbranched alkanes of at least 4 members (excludes halogenated alkanes) is 1. The lowest BCUT2D eigenvalue weighted by Gasteiger charge is -2.15. The van der Waals surface area contributed by atoms with Crippen LogP contribution in [0, 0.1) is 6.92 Å². The molecule has 134 valence electrons. The zero-order valence-electron chi connectivity index (χ0n) is 15.1. The maximum absolute atomic E-state index is 12.4. The molecule has 5 heteroatoms. The van der Waals surface area contributed by atoms with Crippen molar-refractivity contribution in [2.45, 2.75) is 52.2 Å². The van der Waals surface area contributed by atoms with Gasteiger partial charge in [0.1, 0.15) is 5.82 Å². The van der Waals surface area contributed by atoms with Gasteiger partial charge in [0.25, 0.3) is 5.56 Å². The normalized spacial score (nSPS) is 18.0. The van der Waals surface area contributed by atoms with Crippen LogP contribution >= 0.6 is 0 Å². The van der Waals surface area contributed by atoms with Crippen LogP contribution in [0.4, 0.5) is 0 Å². The fourth-order valence-corrected chi connectivity index (χ4v) is 3.43. The van der Waals surface area contributed by atoms with Gasteiger partial charge in [0.15, 0.2) is 0 Å². The largest absolute Gasteiger partial charge is 0.392 e. The SMILES string of the molecule is CCCCc1c(C)nc(-c2cccc(CN3CC[C@@H](O)C3)c2)[nH]c1=O. The summed E-state index contributed by atoms with van der Waals surface area (Å²) in [5.41, 5.74) is 3.69. The van der Waals surface area contributed by atoms with Crippen molar-refractivity contribution in [1.29, 1.82) is 0 Å². The second-order valence-electron chi connectivity index (χ2n) is 6.96. The van der Waals surface area contributed by atoms with E-state index in [1.54, 1.807) is 0 Å². The second kappa shape index (κ2) is 7.93. The van der Waals surface area contributed by atoms with Gasteiger partial charge in [-0.3, -0.25) is 9.69 Å².